The Balaban J connectivity index is 2.97. The van der Waals surface area contributed by atoms with Gasteiger partial charge in [0, 0.05) is 25.7 Å². The number of halogens is 3. The van der Waals surface area contributed by atoms with Crippen LogP contribution in [0.3, 0.4) is 0 Å². The lowest BCUT2D eigenvalue weighted by Crippen LogP contribution is -2.49. The van der Waals surface area contributed by atoms with Crippen molar-refractivity contribution in [3.8, 4) is 5.75 Å². The molecule has 0 unspecified atom stereocenters. The number of hydrogen-bond acceptors (Lipinski definition) is 6. The van der Waals surface area contributed by atoms with Crippen molar-refractivity contribution in [3.05, 3.63) is 65.2 Å². The van der Waals surface area contributed by atoms with E-state index in [1.807, 2.05) is 0 Å². The monoisotopic (exact) mass is 587 g/mol. The largest absolute Gasteiger partial charge is 0.444 e. The number of esters is 1. The Morgan fingerprint density at radius 1 is 0.763 bits per heavy atom. The van der Waals surface area contributed by atoms with Gasteiger partial charge in [-0.1, -0.05) is 53.0 Å². The van der Waals surface area contributed by atoms with E-state index in [9.17, 15) is 19.2 Å². The van der Waals surface area contributed by atoms with Crippen LogP contribution in [0.1, 0.15) is 20.8 Å². The first-order valence-electron chi connectivity index (χ1n) is 11.4. The topological polar surface area (TPSA) is 96.5 Å². The van der Waals surface area contributed by atoms with Gasteiger partial charge >= 0.3 is 12.1 Å². The Morgan fingerprint density at radius 2 is 1.21 bits per heavy atom. The summed E-state index contributed by atoms with van der Waals surface area (Å²) in [6.07, 6.45) is 3.62. The molecule has 0 aliphatic heterocycles. The van der Waals surface area contributed by atoms with E-state index in [1.165, 1.54) is 40.2 Å². The number of ether oxygens (including phenoxy) is 2. The van der Waals surface area contributed by atoms with E-state index in [4.69, 9.17) is 44.3 Å². The van der Waals surface area contributed by atoms with Crippen molar-refractivity contribution in [2.45, 2.75) is 26.4 Å². The molecular weight excluding hydrogens is 557 g/mol. The fraction of sp³-hybridized carbons (Fsp3) is 0.385. The van der Waals surface area contributed by atoms with Crippen LogP contribution in [-0.2, 0) is 19.1 Å². The fourth-order valence-corrected chi connectivity index (χ4v) is 3.50. The molecule has 0 fully saturated rings. The quantitative estimate of drug-likeness (QED) is 0.139. The normalized spacial score (nSPS) is 10.7. The van der Waals surface area contributed by atoms with Crippen LogP contribution in [0, 0.1) is 0 Å². The Morgan fingerprint density at radius 3 is 1.71 bits per heavy atom. The summed E-state index contributed by atoms with van der Waals surface area (Å²) < 4.78 is 10.6. The van der Waals surface area contributed by atoms with Gasteiger partial charge < -0.3 is 19.3 Å². The average Bonchev–Trinajstić information content (AvgIpc) is 2.80. The standard InChI is InChI=1S/C26H32Cl3N3O6/c1-7-10-30(23(34)16-32(12-9-3)25(36)38-26(4,5)6)15-22(33)31(11-8-2)17-24(35)37-21-14-19(28)18(27)13-20(21)29/h7-9,13-14H,1-3,10-12,15-17H2,4-6H3. The van der Waals surface area contributed by atoms with Gasteiger partial charge in [0.15, 0.2) is 5.75 Å². The SMILES string of the molecule is C=CCN(CC(=O)Oc1cc(Cl)c(Cl)cc1Cl)C(=O)CN(CC=C)C(=O)CN(CC=C)C(=O)OC(C)(C)C. The van der Waals surface area contributed by atoms with E-state index >= 15 is 0 Å². The molecule has 1 aromatic rings. The van der Waals surface area contributed by atoms with Crippen LogP contribution < -0.4 is 4.74 Å². The first-order valence-corrected chi connectivity index (χ1v) is 12.6. The van der Waals surface area contributed by atoms with Crippen molar-refractivity contribution in [2.24, 2.45) is 0 Å². The van der Waals surface area contributed by atoms with Gasteiger partial charge in [0.1, 0.15) is 25.2 Å². The van der Waals surface area contributed by atoms with Crippen LogP contribution in [0.2, 0.25) is 15.1 Å². The van der Waals surface area contributed by atoms with E-state index < -0.39 is 42.6 Å². The van der Waals surface area contributed by atoms with E-state index in [0.717, 1.165) is 4.90 Å². The van der Waals surface area contributed by atoms with Crippen LogP contribution in [0.15, 0.2) is 50.1 Å². The molecule has 0 atom stereocenters. The number of carbonyl (C=O) groups excluding carboxylic acids is 4. The predicted octanol–water partition coefficient (Wildman–Crippen LogP) is 5.00. The summed E-state index contributed by atoms with van der Waals surface area (Å²) in [5, 5.41) is 0.379. The lowest BCUT2D eigenvalue weighted by Gasteiger charge is -2.29. The van der Waals surface area contributed by atoms with Gasteiger partial charge in [0.25, 0.3) is 0 Å². The molecule has 0 aliphatic carbocycles. The number of rotatable bonds is 13. The molecule has 38 heavy (non-hydrogen) atoms. The van der Waals surface area contributed by atoms with Crippen molar-refractivity contribution in [1.82, 2.24) is 14.7 Å². The number of carbonyl (C=O) groups is 4. The zero-order valence-corrected chi connectivity index (χ0v) is 23.9. The Hall–Kier alpha value is -3.01. The van der Waals surface area contributed by atoms with Crippen molar-refractivity contribution >= 4 is 58.7 Å². The van der Waals surface area contributed by atoms with Gasteiger partial charge in [-0.2, -0.15) is 0 Å². The lowest BCUT2D eigenvalue weighted by atomic mass is 10.2. The van der Waals surface area contributed by atoms with Crippen LogP contribution in [0.25, 0.3) is 0 Å². The van der Waals surface area contributed by atoms with E-state index in [2.05, 4.69) is 19.7 Å². The average molecular weight is 589 g/mol. The van der Waals surface area contributed by atoms with Gasteiger partial charge in [0.05, 0.1) is 15.1 Å². The molecular formula is C26H32Cl3N3O6. The summed E-state index contributed by atoms with van der Waals surface area (Å²) in [7, 11) is 0. The minimum atomic E-state index is -0.802. The third-order valence-corrected chi connectivity index (χ3v) is 5.59. The number of benzene rings is 1. The molecule has 0 aromatic heterocycles. The summed E-state index contributed by atoms with van der Waals surface area (Å²) in [6, 6.07) is 2.61. The number of amides is 3. The van der Waals surface area contributed by atoms with Gasteiger partial charge in [-0.25, -0.2) is 9.59 Å². The molecule has 1 aromatic carbocycles. The third kappa shape index (κ3) is 11.2. The van der Waals surface area contributed by atoms with Crippen molar-refractivity contribution < 1.29 is 28.7 Å². The van der Waals surface area contributed by atoms with E-state index in [0.29, 0.717) is 0 Å². The molecule has 12 heteroatoms. The summed E-state index contributed by atoms with van der Waals surface area (Å²) in [4.78, 5) is 54.7. The molecule has 0 aliphatic rings. The molecule has 0 N–H and O–H groups in total. The second-order valence-corrected chi connectivity index (χ2v) is 10.2. The van der Waals surface area contributed by atoms with Crippen molar-refractivity contribution in [1.29, 1.82) is 0 Å². The molecule has 208 valence electrons. The second kappa shape index (κ2) is 15.4. The van der Waals surface area contributed by atoms with Gasteiger partial charge in [-0.05, 0) is 26.8 Å². The van der Waals surface area contributed by atoms with Crippen LogP contribution >= 0.6 is 34.8 Å². The maximum absolute atomic E-state index is 13.1. The van der Waals surface area contributed by atoms with Gasteiger partial charge in [-0.15, -0.1) is 19.7 Å². The third-order valence-electron chi connectivity index (χ3n) is 4.58. The van der Waals surface area contributed by atoms with E-state index in [1.54, 1.807) is 20.8 Å². The zero-order valence-electron chi connectivity index (χ0n) is 21.7. The summed E-state index contributed by atoms with van der Waals surface area (Å²) in [6.45, 7) is 14.8. The van der Waals surface area contributed by atoms with Crippen LogP contribution in [0.5, 0.6) is 5.75 Å². The van der Waals surface area contributed by atoms with Crippen molar-refractivity contribution in [2.75, 3.05) is 39.3 Å². The zero-order chi connectivity index (χ0) is 29.0. The predicted molar refractivity (Wildman–Crippen MR) is 149 cm³/mol. The summed E-state index contributed by atoms with van der Waals surface area (Å²) in [5.41, 5.74) is -0.766. The highest BCUT2D eigenvalue weighted by atomic mass is 35.5. The van der Waals surface area contributed by atoms with Gasteiger partial charge in [0.2, 0.25) is 11.8 Å². The maximum atomic E-state index is 13.1. The molecule has 1 rings (SSSR count). The first kappa shape index (κ1) is 33.0. The molecule has 0 saturated heterocycles. The van der Waals surface area contributed by atoms with Crippen LogP contribution in [0.4, 0.5) is 4.79 Å². The molecule has 0 heterocycles. The minimum Gasteiger partial charge on any atom is -0.444 e. The fourth-order valence-electron chi connectivity index (χ4n) is 2.93. The Labute approximate surface area is 238 Å². The van der Waals surface area contributed by atoms with E-state index in [-0.39, 0.29) is 47.0 Å². The highest BCUT2D eigenvalue weighted by Gasteiger charge is 2.27. The summed E-state index contributed by atoms with van der Waals surface area (Å²) >= 11 is 17.9. The minimum absolute atomic E-state index is 0.000340. The highest BCUT2D eigenvalue weighted by Crippen LogP contribution is 2.33. The molecule has 0 bridgehead atoms. The number of hydrogen-bond donors (Lipinski definition) is 0. The van der Waals surface area contributed by atoms with Crippen LogP contribution in [-0.4, -0.2) is 83.4 Å². The smallest absolute Gasteiger partial charge is 0.411 e. The second-order valence-electron chi connectivity index (χ2n) is 8.95. The first-order chi connectivity index (χ1) is 17.7. The lowest BCUT2D eigenvalue weighted by molar-refractivity contribution is -0.144. The Bertz CT molecular complexity index is 1070. The molecule has 0 spiro atoms. The van der Waals surface area contributed by atoms with Gasteiger partial charge in [-0.3, -0.25) is 14.5 Å². The molecule has 3 amide bonds. The molecule has 9 nitrogen and oxygen atoms in total. The highest BCUT2D eigenvalue weighted by molar-refractivity contribution is 6.43. The maximum Gasteiger partial charge on any atom is 0.411 e. The molecule has 0 radical (unpaired) electrons. The van der Waals surface area contributed by atoms with Crippen molar-refractivity contribution in [3.63, 3.8) is 0 Å². The molecule has 0 saturated carbocycles. The Kier molecular flexibility index (Phi) is 13.4. The number of nitrogens with zero attached hydrogens (tertiary/aromatic N) is 3. The summed E-state index contributed by atoms with van der Waals surface area (Å²) in [5.74, 6) is -1.92.